The van der Waals surface area contributed by atoms with Crippen LogP contribution in [0.4, 0.5) is 5.13 Å². The van der Waals surface area contributed by atoms with Gasteiger partial charge in [-0.2, -0.15) is 0 Å². The molecule has 0 aliphatic heterocycles. The van der Waals surface area contributed by atoms with Gasteiger partial charge < -0.3 is 9.47 Å². The van der Waals surface area contributed by atoms with Gasteiger partial charge in [0.1, 0.15) is 5.75 Å². The molecule has 6 nitrogen and oxygen atoms in total. The Kier molecular flexibility index (Phi) is 5.87. The Bertz CT molecular complexity index is 707. The number of nitrogens with one attached hydrogen (secondary N) is 1. The van der Waals surface area contributed by atoms with Gasteiger partial charge in [0.2, 0.25) is 0 Å². The Morgan fingerprint density at radius 1 is 1.30 bits per heavy atom. The fraction of sp³-hybridized carbons (Fsp3) is 0.188. The third kappa shape index (κ3) is 4.93. The number of esters is 1. The minimum Gasteiger partial charge on any atom is -0.497 e. The molecule has 23 heavy (non-hydrogen) atoms. The molecule has 0 bridgehead atoms. The van der Waals surface area contributed by atoms with E-state index in [4.69, 9.17) is 9.47 Å². The van der Waals surface area contributed by atoms with Crippen molar-refractivity contribution >= 4 is 28.3 Å². The zero-order valence-electron chi connectivity index (χ0n) is 12.7. The lowest BCUT2D eigenvalue weighted by Gasteiger charge is -2.02. The van der Waals surface area contributed by atoms with Gasteiger partial charge in [-0.1, -0.05) is 6.08 Å². The van der Waals surface area contributed by atoms with Crippen molar-refractivity contribution in [1.29, 1.82) is 0 Å². The lowest BCUT2D eigenvalue weighted by Crippen LogP contribution is -2.20. The predicted molar refractivity (Wildman–Crippen MR) is 88.5 cm³/mol. The first-order valence-corrected chi connectivity index (χ1v) is 7.69. The van der Waals surface area contributed by atoms with Crippen LogP contribution < -0.4 is 10.1 Å². The summed E-state index contributed by atoms with van der Waals surface area (Å²) in [5.74, 6) is -0.223. The zero-order chi connectivity index (χ0) is 16.7. The van der Waals surface area contributed by atoms with E-state index < -0.39 is 11.9 Å². The normalized spacial score (nSPS) is 10.5. The molecule has 0 aliphatic carbocycles. The molecule has 0 unspecified atom stereocenters. The van der Waals surface area contributed by atoms with Crippen molar-refractivity contribution in [3.8, 4) is 17.0 Å². The number of aromatic nitrogens is 1. The quantitative estimate of drug-likeness (QED) is 0.650. The van der Waals surface area contributed by atoms with Gasteiger partial charge in [0.05, 0.1) is 12.8 Å². The van der Waals surface area contributed by atoms with Gasteiger partial charge in [-0.3, -0.25) is 10.1 Å². The number of benzene rings is 1. The highest BCUT2D eigenvalue weighted by Crippen LogP contribution is 2.26. The Labute approximate surface area is 137 Å². The molecule has 0 atom stereocenters. The van der Waals surface area contributed by atoms with Crippen molar-refractivity contribution in [3.63, 3.8) is 0 Å². The molecule has 0 saturated carbocycles. The van der Waals surface area contributed by atoms with Crippen LogP contribution in [0.2, 0.25) is 0 Å². The molecule has 2 rings (SSSR count). The zero-order valence-corrected chi connectivity index (χ0v) is 13.6. The van der Waals surface area contributed by atoms with Gasteiger partial charge >= 0.3 is 5.97 Å². The van der Waals surface area contributed by atoms with E-state index in [0.29, 0.717) is 5.13 Å². The number of carbonyl (C=O) groups excluding carboxylic acids is 2. The van der Waals surface area contributed by atoms with E-state index >= 15 is 0 Å². The molecular formula is C16H16N2O4S. The molecule has 1 N–H and O–H groups in total. The second-order valence-electron chi connectivity index (χ2n) is 4.42. The fourth-order valence-electron chi connectivity index (χ4n) is 1.70. The number of anilines is 1. The Morgan fingerprint density at radius 2 is 2.04 bits per heavy atom. The lowest BCUT2D eigenvalue weighted by molar-refractivity contribution is -0.142. The van der Waals surface area contributed by atoms with E-state index in [1.807, 2.05) is 29.6 Å². The summed E-state index contributed by atoms with van der Waals surface area (Å²) in [7, 11) is 1.61. The minimum absolute atomic E-state index is 0.347. The van der Waals surface area contributed by atoms with Crippen molar-refractivity contribution in [2.24, 2.45) is 0 Å². The standard InChI is InChI=1S/C16H16N2O4S/c1-3-4-15(20)22-9-14(19)18-16-17-13(10-23-16)11-5-7-12(21-2)8-6-11/h3-8,10H,9H2,1-2H3,(H,17,18,19)/b4-3+. The molecule has 1 amide bonds. The number of ether oxygens (including phenoxy) is 2. The second-order valence-corrected chi connectivity index (χ2v) is 5.28. The summed E-state index contributed by atoms with van der Waals surface area (Å²) in [5.41, 5.74) is 1.67. The summed E-state index contributed by atoms with van der Waals surface area (Å²) in [5, 5.41) is 4.88. The fourth-order valence-corrected chi connectivity index (χ4v) is 2.44. The van der Waals surface area contributed by atoms with Crippen LogP contribution in [0, 0.1) is 0 Å². The smallest absolute Gasteiger partial charge is 0.330 e. The minimum atomic E-state index is -0.555. The molecule has 1 aromatic heterocycles. The molecular weight excluding hydrogens is 316 g/mol. The molecule has 120 valence electrons. The van der Waals surface area contributed by atoms with Crippen molar-refractivity contribution < 1.29 is 19.1 Å². The highest BCUT2D eigenvalue weighted by atomic mass is 32.1. The molecule has 7 heteroatoms. The molecule has 1 aromatic carbocycles. The van der Waals surface area contributed by atoms with Gasteiger partial charge in [-0.15, -0.1) is 11.3 Å². The van der Waals surface area contributed by atoms with Crippen molar-refractivity contribution in [3.05, 3.63) is 41.8 Å². The number of hydrogen-bond acceptors (Lipinski definition) is 6. The van der Waals surface area contributed by atoms with Crippen LogP contribution in [-0.4, -0.2) is 30.6 Å². The highest BCUT2D eigenvalue weighted by molar-refractivity contribution is 7.14. The van der Waals surface area contributed by atoms with Gasteiger partial charge in [0, 0.05) is 17.0 Å². The average Bonchev–Trinajstić information content (AvgIpc) is 3.02. The van der Waals surface area contributed by atoms with E-state index in [9.17, 15) is 9.59 Å². The average molecular weight is 332 g/mol. The number of methoxy groups -OCH3 is 1. The first-order valence-electron chi connectivity index (χ1n) is 6.81. The Balaban J connectivity index is 1.93. The highest BCUT2D eigenvalue weighted by Gasteiger charge is 2.09. The third-order valence-electron chi connectivity index (χ3n) is 2.78. The van der Waals surface area contributed by atoms with Crippen molar-refractivity contribution in [2.75, 3.05) is 19.0 Å². The van der Waals surface area contributed by atoms with Crippen LogP contribution in [0.15, 0.2) is 41.8 Å². The number of carbonyl (C=O) groups is 2. The summed E-state index contributed by atoms with van der Waals surface area (Å²) in [4.78, 5) is 27.1. The number of rotatable bonds is 6. The summed E-state index contributed by atoms with van der Waals surface area (Å²) in [6.07, 6.45) is 2.79. The molecule has 0 aliphatic rings. The van der Waals surface area contributed by atoms with E-state index in [1.165, 1.54) is 17.4 Å². The Morgan fingerprint density at radius 3 is 2.70 bits per heavy atom. The summed E-state index contributed by atoms with van der Waals surface area (Å²) in [6.45, 7) is 1.35. The Hall–Kier alpha value is -2.67. The first kappa shape index (κ1) is 16.7. The maximum atomic E-state index is 11.7. The number of allylic oxidation sites excluding steroid dienone is 1. The van der Waals surface area contributed by atoms with Crippen LogP contribution in [0.5, 0.6) is 5.75 Å². The van der Waals surface area contributed by atoms with Crippen LogP contribution in [0.3, 0.4) is 0 Å². The monoisotopic (exact) mass is 332 g/mol. The maximum Gasteiger partial charge on any atom is 0.330 e. The molecule has 0 saturated heterocycles. The summed E-state index contributed by atoms with van der Waals surface area (Å²) >= 11 is 1.30. The number of amides is 1. The predicted octanol–water partition coefficient (Wildman–Crippen LogP) is 2.88. The summed E-state index contributed by atoms with van der Waals surface area (Å²) in [6, 6.07) is 7.46. The number of hydrogen-bond donors (Lipinski definition) is 1. The lowest BCUT2D eigenvalue weighted by atomic mass is 10.2. The SMILES string of the molecule is C/C=C/C(=O)OCC(=O)Nc1nc(-c2ccc(OC)cc2)cs1. The molecule has 2 aromatic rings. The topological polar surface area (TPSA) is 77.5 Å². The second kappa shape index (κ2) is 8.09. The van der Waals surface area contributed by atoms with Gasteiger partial charge in [-0.05, 0) is 31.2 Å². The van der Waals surface area contributed by atoms with E-state index in [-0.39, 0.29) is 6.61 Å². The van der Waals surface area contributed by atoms with Crippen molar-refractivity contribution in [1.82, 2.24) is 4.98 Å². The van der Waals surface area contributed by atoms with Gasteiger partial charge in [-0.25, -0.2) is 9.78 Å². The van der Waals surface area contributed by atoms with Gasteiger partial charge in [0.25, 0.3) is 5.91 Å². The van der Waals surface area contributed by atoms with Crippen LogP contribution in [0.1, 0.15) is 6.92 Å². The largest absolute Gasteiger partial charge is 0.497 e. The van der Waals surface area contributed by atoms with Crippen LogP contribution in [0.25, 0.3) is 11.3 Å². The molecule has 0 radical (unpaired) electrons. The van der Waals surface area contributed by atoms with Crippen LogP contribution >= 0.6 is 11.3 Å². The molecule has 0 spiro atoms. The van der Waals surface area contributed by atoms with E-state index in [0.717, 1.165) is 17.0 Å². The number of thiazole rings is 1. The maximum absolute atomic E-state index is 11.7. The molecule has 1 heterocycles. The summed E-state index contributed by atoms with van der Waals surface area (Å²) < 4.78 is 9.86. The first-order chi connectivity index (χ1) is 11.1. The molecule has 0 fully saturated rings. The van der Waals surface area contributed by atoms with Crippen molar-refractivity contribution in [2.45, 2.75) is 6.92 Å². The van der Waals surface area contributed by atoms with Gasteiger partial charge in [0.15, 0.2) is 11.7 Å². The van der Waals surface area contributed by atoms with E-state index in [1.54, 1.807) is 20.1 Å². The third-order valence-corrected chi connectivity index (χ3v) is 3.54. The number of nitrogens with zero attached hydrogens (tertiary/aromatic N) is 1. The van der Waals surface area contributed by atoms with E-state index in [2.05, 4.69) is 10.3 Å². The van der Waals surface area contributed by atoms with Crippen LogP contribution in [-0.2, 0) is 14.3 Å².